The Morgan fingerprint density at radius 2 is 1.89 bits per heavy atom. The summed E-state index contributed by atoms with van der Waals surface area (Å²) in [6.45, 7) is 0. The lowest BCUT2D eigenvalue weighted by atomic mass is 10.1. The van der Waals surface area contributed by atoms with Crippen molar-refractivity contribution in [1.82, 2.24) is 9.88 Å². The third-order valence-corrected chi connectivity index (χ3v) is 6.16. The van der Waals surface area contributed by atoms with E-state index in [1.54, 1.807) is 38.4 Å². The number of pyridine rings is 1. The van der Waals surface area contributed by atoms with Gasteiger partial charge < -0.3 is 15.0 Å². The molecule has 3 aromatic rings. The van der Waals surface area contributed by atoms with E-state index >= 15 is 0 Å². The van der Waals surface area contributed by atoms with Crippen LogP contribution in [0.1, 0.15) is 5.56 Å². The van der Waals surface area contributed by atoms with Crippen LogP contribution >= 0.6 is 11.6 Å². The minimum atomic E-state index is -4.96. The lowest BCUT2D eigenvalue weighted by Crippen LogP contribution is -2.17. The second-order valence-corrected chi connectivity index (χ2v) is 9.65. The van der Waals surface area contributed by atoms with Gasteiger partial charge in [-0.15, -0.1) is 17.6 Å². The van der Waals surface area contributed by atoms with E-state index in [4.69, 9.17) is 11.6 Å². The third-order valence-electron chi connectivity index (χ3n) is 4.53. The molecule has 0 unspecified atom stereocenters. The fraction of sp³-hybridized carbons (Fsp3) is 0.174. The molecule has 36 heavy (non-hydrogen) atoms. The number of alkyl halides is 3. The van der Waals surface area contributed by atoms with Gasteiger partial charge in [-0.25, -0.2) is 0 Å². The van der Waals surface area contributed by atoms with E-state index < -0.39 is 28.0 Å². The number of nitrogens with zero attached hydrogens (tertiary/aromatic N) is 3. The van der Waals surface area contributed by atoms with E-state index in [-0.39, 0.29) is 28.1 Å². The van der Waals surface area contributed by atoms with Crippen LogP contribution in [0.5, 0.6) is 5.75 Å². The van der Waals surface area contributed by atoms with Crippen molar-refractivity contribution in [1.29, 1.82) is 0 Å². The maximum absolute atomic E-state index is 13.0. The number of carbonyl (C=O) groups excluding carboxylic acids is 1. The predicted octanol–water partition coefficient (Wildman–Crippen LogP) is 4.76. The zero-order chi connectivity index (χ0) is 26.5. The van der Waals surface area contributed by atoms with E-state index in [9.17, 15) is 26.4 Å². The van der Waals surface area contributed by atoms with Crippen LogP contribution in [0.4, 0.5) is 18.9 Å². The van der Waals surface area contributed by atoms with E-state index in [1.807, 2.05) is 0 Å². The van der Waals surface area contributed by atoms with Crippen molar-refractivity contribution in [2.75, 3.05) is 19.4 Å². The number of halogens is 4. The van der Waals surface area contributed by atoms with Gasteiger partial charge in [-0.1, -0.05) is 35.9 Å². The molecule has 0 saturated carbocycles. The number of sulfonamides is 1. The van der Waals surface area contributed by atoms with Gasteiger partial charge >= 0.3 is 6.36 Å². The van der Waals surface area contributed by atoms with Crippen molar-refractivity contribution in [3.63, 3.8) is 0 Å². The highest BCUT2D eigenvalue weighted by Crippen LogP contribution is 2.33. The Balaban J connectivity index is 2.01. The van der Waals surface area contributed by atoms with E-state index in [0.717, 1.165) is 18.6 Å². The average Bonchev–Trinajstić information content (AvgIpc) is 2.78. The van der Waals surface area contributed by atoms with Gasteiger partial charge in [0.15, 0.2) is 0 Å². The van der Waals surface area contributed by atoms with Crippen LogP contribution in [0.2, 0.25) is 5.02 Å². The number of carbonyl (C=O) groups is 1. The lowest BCUT2D eigenvalue weighted by Gasteiger charge is -2.14. The van der Waals surface area contributed by atoms with Crippen LogP contribution in [0, 0.1) is 0 Å². The Labute approximate surface area is 210 Å². The summed E-state index contributed by atoms with van der Waals surface area (Å²) in [5.41, 5.74) is 0.744. The number of aromatic nitrogens is 1. The van der Waals surface area contributed by atoms with Crippen LogP contribution in [0.25, 0.3) is 11.1 Å². The molecule has 190 valence electrons. The number of ether oxygens (including phenoxy) is 1. The van der Waals surface area contributed by atoms with Crippen LogP contribution in [0.15, 0.2) is 70.2 Å². The summed E-state index contributed by atoms with van der Waals surface area (Å²) < 4.78 is 71.5. The van der Waals surface area contributed by atoms with Gasteiger partial charge in [0, 0.05) is 42.1 Å². The van der Waals surface area contributed by atoms with Crippen molar-refractivity contribution >= 4 is 39.6 Å². The highest BCUT2D eigenvalue weighted by molar-refractivity contribution is 7.90. The zero-order valence-electron chi connectivity index (χ0n) is 19.0. The summed E-state index contributed by atoms with van der Waals surface area (Å²) in [6.07, 6.45) is -1.94. The maximum Gasteiger partial charge on any atom is 0.573 e. The molecule has 8 nitrogen and oxygen atoms in total. The summed E-state index contributed by atoms with van der Waals surface area (Å²) in [5, 5.41) is 3.00. The summed E-state index contributed by atoms with van der Waals surface area (Å²) in [6, 6.07) is 11.7. The fourth-order valence-corrected chi connectivity index (χ4v) is 4.41. The van der Waals surface area contributed by atoms with Crippen molar-refractivity contribution in [2.24, 2.45) is 4.40 Å². The first-order chi connectivity index (χ1) is 16.8. The van der Waals surface area contributed by atoms with Gasteiger partial charge in [0.2, 0.25) is 5.91 Å². The molecule has 0 aliphatic heterocycles. The molecule has 1 aromatic heterocycles. The van der Waals surface area contributed by atoms with Crippen LogP contribution in [0.3, 0.4) is 0 Å². The first kappa shape index (κ1) is 27.0. The number of anilines is 1. The molecule has 13 heteroatoms. The second-order valence-electron chi connectivity index (χ2n) is 7.64. The molecule has 0 aliphatic carbocycles. The van der Waals surface area contributed by atoms with Gasteiger partial charge in [0.1, 0.15) is 12.1 Å². The van der Waals surface area contributed by atoms with Crippen molar-refractivity contribution in [3.05, 3.63) is 71.5 Å². The average molecular weight is 541 g/mol. The summed E-state index contributed by atoms with van der Waals surface area (Å²) in [5.74, 6) is -1.09. The van der Waals surface area contributed by atoms with Gasteiger partial charge in [-0.2, -0.15) is 8.42 Å². The molecule has 1 N–H and O–H groups in total. The fourth-order valence-electron chi connectivity index (χ4n) is 3.04. The molecule has 0 atom stereocenters. The number of amides is 1. The highest BCUT2D eigenvalue weighted by Gasteiger charge is 2.31. The lowest BCUT2D eigenvalue weighted by molar-refractivity contribution is -0.274. The van der Waals surface area contributed by atoms with E-state index in [1.165, 1.54) is 29.3 Å². The zero-order valence-corrected chi connectivity index (χ0v) is 20.5. The molecule has 0 fully saturated rings. The molecule has 3 rings (SSSR count). The first-order valence-corrected chi connectivity index (χ1v) is 12.0. The number of nitrogens with one attached hydrogen (secondary N) is 1. The van der Waals surface area contributed by atoms with E-state index in [2.05, 4.69) is 19.4 Å². The van der Waals surface area contributed by atoms with Crippen molar-refractivity contribution in [3.8, 4) is 16.9 Å². The molecule has 0 bridgehead atoms. The quantitative estimate of drug-likeness (QED) is 0.326. The Morgan fingerprint density at radius 1 is 1.17 bits per heavy atom. The molecule has 2 aromatic carbocycles. The predicted molar refractivity (Wildman–Crippen MR) is 130 cm³/mol. The summed E-state index contributed by atoms with van der Waals surface area (Å²) in [4.78, 5) is 17.3. The molecule has 0 aliphatic rings. The monoisotopic (exact) mass is 540 g/mol. The molecule has 1 heterocycles. The van der Waals surface area contributed by atoms with Gasteiger partial charge in [-0.3, -0.25) is 9.78 Å². The smallest absolute Gasteiger partial charge is 0.404 e. The van der Waals surface area contributed by atoms with Crippen LogP contribution in [-0.4, -0.2) is 51.0 Å². The number of rotatable bonds is 8. The molecule has 0 radical (unpaired) electrons. The third kappa shape index (κ3) is 7.43. The Kier molecular flexibility index (Phi) is 8.21. The largest absolute Gasteiger partial charge is 0.573 e. The van der Waals surface area contributed by atoms with Gasteiger partial charge in [0.05, 0.1) is 17.5 Å². The SMILES string of the molecule is CN(C)C=NS(=O)(=O)c1cc(NC(=O)Cc2ccccc2Cl)ccc1-c1cncc(OC(F)(F)F)c1. The number of hydrogen-bond acceptors (Lipinski definition) is 5. The topological polar surface area (TPSA) is 101 Å². The number of hydrogen-bond donors (Lipinski definition) is 1. The second kappa shape index (κ2) is 11.0. The molecular formula is C23H20ClF3N4O4S. The minimum Gasteiger partial charge on any atom is -0.404 e. The Morgan fingerprint density at radius 3 is 2.56 bits per heavy atom. The Bertz CT molecular complexity index is 1400. The highest BCUT2D eigenvalue weighted by atomic mass is 35.5. The maximum atomic E-state index is 13.0. The van der Waals surface area contributed by atoms with Crippen LogP contribution in [-0.2, 0) is 21.2 Å². The number of benzene rings is 2. The van der Waals surface area contributed by atoms with Gasteiger partial charge in [0.25, 0.3) is 10.0 Å². The summed E-state index contributed by atoms with van der Waals surface area (Å²) in [7, 11) is -1.22. The van der Waals surface area contributed by atoms with E-state index in [0.29, 0.717) is 10.6 Å². The van der Waals surface area contributed by atoms with Crippen molar-refractivity contribution < 1.29 is 31.1 Å². The van der Waals surface area contributed by atoms with Crippen LogP contribution < -0.4 is 10.1 Å². The van der Waals surface area contributed by atoms with Crippen molar-refractivity contribution in [2.45, 2.75) is 17.7 Å². The molecule has 0 saturated heterocycles. The van der Waals surface area contributed by atoms with Gasteiger partial charge in [-0.05, 0) is 29.8 Å². The first-order valence-electron chi connectivity index (χ1n) is 10.2. The normalized spacial score (nSPS) is 11.9. The Hall–Kier alpha value is -3.64. The summed E-state index contributed by atoms with van der Waals surface area (Å²) >= 11 is 6.09. The standard InChI is InChI=1S/C23H20ClF3N4O4S/c1-31(2)14-29-36(33,34)21-11-17(30-22(32)10-15-5-3-4-6-20(15)24)7-8-19(21)16-9-18(13-28-12-16)35-23(25,26)27/h3-9,11-14H,10H2,1-2H3,(H,30,32). The minimum absolute atomic E-state index is 0.00938. The molecular weight excluding hydrogens is 521 g/mol. The molecule has 1 amide bonds. The molecule has 0 spiro atoms.